The summed E-state index contributed by atoms with van der Waals surface area (Å²) in [4.78, 5) is 16.3. The quantitative estimate of drug-likeness (QED) is 0.278. The van der Waals surface area contributed by atoms with Gasteiger partial charge in [-0.1, -0.05) is 24.3 Å². The van der Waals surface area contributed by atoms with E-state index < -0.39 is 0 Å². The third-order valence-electron chi connectivity index (χ3n) is 6.21. The summed E-state index contributed by atoms with van der Waals surface area (Å²) in [5.74, 6) is 1.87. The van der Waals surface area contributed by atoms with Gasteiger partial charge in [-0.25, -0.2) is 15.0 Å². The van der Waals surface area contributed by atoms with E-state index in [0.717, 1.165) is 22.3 Å². The molecule has 5 aromatic rings. The molecule has 0 aliphatic heterocycles. The molecule has 190 valence electrons. The summed E-state index contributed by atoms with van der Waals surface area (Å²) in [7, 11) is 8.66. The first kappa shape index (κ1) is 24.6. The van der Waals surface area contributed by atoms with E-state index in [1.165, 1.54) is 0 Å². The van der Waals surface area contributed by atoms with Gasteiger partial charge in [0.05, 0.1) is 32.4 Å². The smallest absolute Gasteiger partial charge is 0.203 e. The minimum absolute atomic E-state index is 0.193. The van der Waals surface area contributed by atoms with Gasteiger partial charge in [0.15, 0.2) is 28.7 Å². The molecule has 0 fully saturated rings. The molecule has 3 aromatic carbocycles. The van der Waals surface area contributed by atoms with Gasteiger partial charge in [-0.2, -0.15) is 5.26 Å². The zero-order valence-corrected chi connectivity index (χ0v) is 21.8. The number of ether oxygens (including phenoxy) is 3. The van der Waals surface area contributed by atoms with E-state index in [9.17, 15) is 5.26 Å². The molecule has 5 rings (SSSR count). The lowest BCUT2D eigenvalue weighted by atomic mass is 10.1. The number of benzene rings is 3. The van der Waals surface area contributed by atoms with Gasteiger partial charge in [0, 0.05) is 31.6 Å². The van der Waals surface area contributed by atoms with E-state index >= 15 is 0 Å². The van der Waals surface area contributed by atoms with Crippen LogP contribution in [0.5, 0.6) is 17.2 Å². The Labute approximate surface area is 220 Å². The number of aliphatic imine (C=N–C) groups is 1. The SMILES string of the molecule is COc1cc(-c2nc3ccccc3n3c(/N=C/c4ccc(N(C)C)cc4)c(C#N)nc23)cc(OC)c1OC. The van der Waals surface area contributed by atoms with Crippen LogP contribution in [-0.4, -0.2) is 56.0 Å². The molecule has 9 nitrogen and oxygen atoms in total. The normalized spacial score (nSPS) is 11.2. The highest BCUT2D eigenvalue weighted by molar-refractivity contribution is 5.90. The lowest BCUT2D eigenvalue weighted by Crippen LogP contribution is -2.08. The zero-order chi connectivity index (χ0) is 26.8. The number of hydrogen-bond acceptors (Lipinski definition) is 8. The summed E-state index contributed by atoms with van der Waals surface area (Å²) in [6.07, 6.45) is 1.73. The Morgan fingerprint density at radius 3 is 2.21 bits per heavy atom. The number of rotatable bonds is 7. The summed E-state index contributed by atoms with van der Waals surface area (Å²) in [6.45, 7) is 0. The highest BCUT2D eigenvalue weighted by Crippen LogP contribution is 2.42. The van der Waals surface area contributed by atoms with Crippen molar-refractivity contribution in [2.75, 3.05) is 40.3 Å². The Morgan fingerprint density at radius 2 is 1.61 bits per heavy atom. The molecule has 0 N–H and O–H groups in total. The van der Waals surface area contributed by atoms with Crippen molar-refractivity contribution in [1.82, 2.24) is 14.4 Å². The van der Waals surface area contributed by atoms with Crippen LogP contribution in [0.2, 0.25) is 0 Å². The van der Waals surface area contributed by atoms with E-state index in [0.29, 0.717) is 40.0 Å². The molecule has 2 aromatic heterocycles. The predicted molar refractivity (Wildman–Crippen MR) is 148 cm³/mol. The molecule has 0 aliphatic carbocycles. The molecule has 0 aliphatic rings. The highest BCUT2D eigenvalue weighted by Gasteiger charge is 2.22. The summed E-state index contributed by atoms with van der Waals surface area (Å²) < 4.78 is 18.5. The number of hydrogen-bond donors (Lipinski definition) is 0. The van der Waals surface area contributed by atoms with E-state index in [1.807, 2.05) is 84.1 Å². The molecule has 0 unspecified atom stereocenters. The van der Waals surface area contributed by atoms with E-state index in [1.54, 1.807) is 27.5 Å². The first-order valence-electron chi connectivity index (χ1n) is 11.8. The van der Waals surface area contributed by atoms with E-state index in [2.05, 4.69) is 11.1 Å². The lowest BCUT2D eigenvalue weighted by Gasteiger charge is -2.15. The molecule has 0 amide bonds. The minimum atomic E-state index is 0.193. The van der Waals surface area contributed by atoms with Gasteiger partial charge in [-0.3, -0.25) is 4.40 Å². The van der Waals surface area contributed by atoms with Crippen molar-refractivity contribution in [2.24, 2.45) is 4.99 Å². The maximum Gasteiger partial charge on any atom is 0.203 e. The first-order valence-corrected chi connectivity index (χ1v) is 11.8. The van der Waals surface area contributed by atoms with Gasteiger partial charge in [-0.05, 0) is 42.0 Å². The fourth-order valence-electron chi connectivity index (χ4n) is 4.32. The molecule has 9 heteroatoms. The Kier molecular flexibility index (Phi) is 6.54. The van der Waals surface area contributed by atoms with Crippen molar-refractivity contribution >= 4 is 34.4 Å². The second-order valence-electron chi connectivity index (χ2n) is 8.66. The molecule has 0 saturated heterocycles. The van der Waals surface area contributed by atoms with Crippen LogP contribution in [0, 0.1) is 11.3 Å². The number of anilines is 1. The van der Waals surface area contributed by atoms with Gasteiger partial charge >= 0.3 is 0 Å². The number of para-hydroxylation sites is 2. The standard InChI is InChI=1S/C29H26N6O3/c1-34(2)20-12-10-18(11-13-20)17-31-28-22(16-30)33-29-26(32-21-8-6-7-9-23(21)35(28)29)19-14-24(36-3)27(38-5)25(15-19)37-4/h6-15,17H,1-5H3/b31-17+. The van der Waals surface area contributed by atoms with Crippen LogP contribution in [-0.2, 0) is 0 Å². The predicted octanol–water partition coefficient (Wildman–Crippen LogP) is 5.26. The average molecular weight is 507 g/mol. The molecule has 0 saturated carbocycles. The number of methoxy groups -OCH3 is 3. The minimum Gasteiger partial charge on any atom is -0.493 e. The van der Waals surface area contributed by atoms with Gasteiger partial charge in [0.25, 0.3) is 0 Å². The van der Waals surface area contributed by atoms with E-state index in [4.69, 9.17) is 24.2 Å². The monoisotopic (exact) mass is 506 g/mol. The molecular formula is C29H26N6O3. The van der Waals surface area contributed by atoms with Crippen molar-refractivity contribution in [1.29, 1.82) is 5.26 Å². The van der Waals surface area contributed by atoms with Crippen molar-refractivity contribution in [2.45, 2.75) is 0 Å². The van der Waals surface area contributed by atoms with Crippen molar-refractivity contribution in [3.05, 3.63) is 71.9 Å². The first-order chi connectivity index (χ1) is 18.5. The number of imidazole rings is 1. The lowest BCUT2D eigenvalue weighted by molar-refractivity contribution is 0.324. The Balaban J connectivity index is 1.76. The second kappa shape index (κ2) is 10.1. The summed E-state index contributed by atoms with van der Waals surface area (Å²) >= 11 is 0. The van der Waals surface area contributed by atoms with Gasteiger partial charge in [0.2, 0.25) is 5.75 Å². The van der Waals surface area contributed by atoms with Crippen LogP contribution >= 0.6 is 0 Å². The zero-order valence-electron chi connectivity index (χ0n) is 21.8. The van der Waals surface area contributed by atoms with Crippen LogP contribution in [0.3, 0.4) is 0 Å². The summed E-state index contributed by atoms with van der Waals surface area (Å²) in [5.41, 5.74) is 5.41. The van der Waals surface area contributed by atoms with Crippen LogP contribution < -0.4 is 19.1 Å². The van der Waals surface area contributed by atoms with Gasteiger partial charge in [-0.15, -0.1) is 0 Å². The van der Waals surface area contributed by atoms with Gasteiger partial charge < -0.3 is 19.1 Å². The van der Waals surface area contributed by atoms with Crippen LogP contribution in [0.15, 0.2) is 65.7 Å². The molecule has 38 heavy (non-hydrogen) atoms. The van der Waals surface area contributed by atoms with Gasteiger partial charge in [0.1, 0.15) is 11.8 Å². The summed E-state index contributed by atoms with van der Waals surface area (Å²) in [5, 5.41) is 10.00. The number of nitrogens with zero attached hydrogens (tertiary/aromatic N) is 6. The van der Waals surface area contributed by atoms with Crippen LogP contribution in [0.25, 0.3) is 27.9 Å². The van der Waals surface area contributed by atoms with E-state index in [-0.39, 0.29) is 5.69 Å². The molecular weight excluding hydrogens is 480 g/mol. The maximum atomic E-state index is 10.00. The van der Waals surface area contributed by atoms with Crippen molar-refractivity contribution in [3.63, 3.8) is 0 Å². The summed E-state index contributed by atoms with van der Waals surface area (Å²) in [6, 6.07) is 21.5. The number of fused-ring (bicyclic) bond motifs is 3. The second-order valence-corrected chi connectivity index (χ2v) is 8.66. The topological polar surface area (TPSA) is 97.3 Å². The fraction of sp³-hybridized carbons (Fsp3) is 0.172. The number of nitriles is 1. The fourth-order valence-corrected chi connectivity index (χ4v) is 4.32. The van der Waals surface area contributed by atoms with Crippen molar-refractivity contribution in [3.8, 4) is 34.6 Å². The Bertz CT molecular complexity index is 1690. The third kappa shape index (κ3) is 4.22. The Morgan fingerprint density at radius 1 is 0.921 bits per heavy atom. The molecule has 0 spiro atoms. The molecule has 0 atom stereocenters. The highest BCUT2D eigenvalue weighted by atomic mass is 16.5. The third-order valence-corrected chi connectivity index (χ3v) is 6.21. The van der Waals surface area contributed by atoms with Crippen LogP contribution in [0.1, 0.15) is 11.3 Å². The molecule has 0 bridgehead atoms. The van der Waals surface area contributed by atoms with Crippen molar-refractivity contribution < 1.29 is 14.2 Å². The molecule has 2 heterocycles. The number of aromatic nitrogens is 3. The Hall–Kier alpha value is -5.10. The maximum absolute atomic E-state index is 10.00. The molecule has 0 radical (unpaired) electrons. The van der Waals surface area contributed by atoms with Crippen LogP contribution in [0.4, 0.5) is 11.5 Å². The largest absolute Gasteiger partial charge is 0.493 e. The average Bonchev–Trinajstić information content (AvgIpc) is 3.33.